The second kappa shape index (κ2) is 19.2. The average molecular weight is 773 g/mol. The van der Waals surface area contributed by atoms with Crippen molar-refractivity contribution in [3.63, 3.8) is 0 Å². The summed E-state index contributed by atoms with van der Waals surface area (Å²) in [6.07, 6.45) is 6.48. The van der Waals surface area contributed by atoms with Crippen molar-refractivity contribution in [3.05, 3.63) is 194 Å². The lowest BCUT2D eigenvalue weighted by Gasteiger charge is -2.32. The van der Waals surface area contributed by atoms with E-state index in [2.05, 4.69) is 208 Å². The Kier molecular flexibility index (Phi) is 13.5. The summed E-state index contributed by atoms with van der Waals surface area (Å²) in [4.78, 5) is 0. The van der Waals surface area contributed by atoms with E-state index in [9.17, 15) is 0 Å². The third-order valence-electron chi connectivity index (χ3n) is 10.6. The van der Waals surface area contributed by atoms with Crippen LogP contribution in [0.3, 0.4) is 0 Å². The van der Waals surface area contributed by atoms with Crippen molar-refractivity contribution in [2.24, 2.45) is 0 Å². The lowest BCUT2D eigenvalue weighted by Crippen LogP contribution is -2.42. The molecular weight excluding hydrogens is 719 g/mol. The van der Waals surface area contributed by atoms with Gasteiger partial charge in [0.1, 0.15) is 46.4 Å². The summed E-state index contributed by atoms with van der Waals surface area (Å²) in [6, 6.07) is 71.6. The third kappa shape index (κ3) is 7.97. The van der Waals surface area contributed by atoms with Crippen LogP contribution < -0.4 is 51.9 Å². The molecule has 282 valence electrons. The predicted octanol–water partition coefficient (Wildman–Crippen LogP) is 10.1. The van der Waals surface area contributed by atoms with E-state index < -0.39 is 14.5 Å². The third-order valence-corrected chi connectivity index (χ3v) is 19.2. The highest BCUT2D eigenvalue weighted by molar-refractivity contribution is 8.02. The first-order chi connectivity index (χ1) is 27.7. The Morgan fingerprint density at radius 3 is 0.768 bits per heavy atom. The van der Waals surface area contributed by atoms with Crippen molar-refractivity contribution < 1.29 is 9.47 Å². The van der Waals surface area contributed by atoms with E-state index in [1.165, 1.54) is 42.4 Å². The predicted molar refractivity (Wildman–Crippen MR) is 246 cm³/mol. The summed E-state index contributed by atoms with van der Waals surface area (Å²) in [7, 11) is -5.10. The molecule has 0 unspecified atom stereocenters. The molecule has 0 amide bonds. The summed E-state index contributed by atoms with van der Waals surface area (Å²) < 4.78 is 14.5. The standard InChI is InChI=1S/C52H54O2P2/c1-3-5-25-39-53-49-41-52(56(46-33-19-10-20-34-46,47-35-21-11-22-36-47)48-37-23-12-24-38-48)50(54-40-26-6-4-2)42-51(49)55(43-27-13-7-14-28-43,44-29-15-8-16-30-44)45-31-17-9-18-32-45/h7-24,27-38,41-42H,3-6,25-26,39-40H2,1-2H3/q+2. The Balaban J connectivity index is 1.65. The Morgan fingerprint density at radius 1 is 0.321 bits per heavy atom. The first kappa shape index (κ1) is 39.2. The van der Waals surface area contributed by atoms with E-state index in [0.29, 0.717) is 13.2 Å². The van der Waals surface area contributed by atoms with Crippen LogP contribution in [0.2, 0.25) is 0 Å². The molecule has 0 aliphatic carbocycles. The van der Waals surface area contributed by atoms with Crippen LogP contribution >= 0.6 is 14.5 Å². The van der Waals surface area contributed by atoms with Gasteiger partial charge in [-0.2, -0.15) is 0 Å². The summed E-state index contributed by atoms with van der Waals surface area (Å²) in [6.45, 7) is 5.79. The van der Waals surface area contributed by atoms with Gasteiger partial charge in [-0.3, -0.25) is 0 Å². The summed E-state index contributed by atoms with van der Waals surface area (Å²) in [5, 5.41) is 10.1. The maximum absolute atomic E-state index is 7.24. The molecule has 0 aliphatic heterocycles. The fourth-order valence-corrected chi connectivity index (χ4v) is 16.7. The van der Waals surface area contributed by atoms with E-state index in [0.717, 1.165) is 50.0 Å². The van der Waals surface area contributed by atoms with E-state index in [-0.39, 0.29) is 0 Å². The molecule has 0 aromatic heterocycles. The molecule has 0 spiro atoms. The lowest BCUT2D eigenvalue weighted by molar-refractivity contribution is 0.302. The summed E-state index contributed by atoms with van der Waals surface area (Å²) in [5.41, 5.74) is 0. The zero-order valence-electron chi connectivity index (χ0n) is 32.8. The SMILES string of the molecule is CCCCCOc1cc([P+](c2ccccc2)(c2ccccc2)c2ccccc2)c(OCCCCC)cc1[P+](c1ccccc1)(c1ccccc1)c1ccccc1. The Labute approximate surface area is 336 Å². The minimum atomic E-state index is -2.55. The number of hydrogen-bond donors (Lipinski definition) is 0. The van der Waals surface area contributed by atoms with Gasteiger partial charge in [0.05, 0.1) is 13.2 Å². The minimum Gasteiger partial charge on any atom is -0.489 e. The van der Waals surface area contributed by atoms with Gasteiger partial charge in [-0.15, -0.1) is 0 Å². The van der Waals surface area contributed by atoms with E-state index in [4.69, 9.17) is 9.47 Å². The van der Waals surface area contributed by atoms with Gasteiger partial charge in [0.25, 0.3) is 0 Å². The van der Waals surface area contributed by atoms with Crippen LogP contribution in [0.25, 0.3) is 0 Å². The minimum absolute atomic E-state index is 0.642. The Morgan fingerprint density at radius 2 is 0.554 bits per heavy atom. The van der Waals surface area contributed by atoms with Gasteiger partial charge in [0, 0.05) is 12.1 Å². The Hall–Kier alpha value is -5.00. The quantitative estimate of drug-likeness (QED) is 0.0639. The summed E-state index contributed by atoms with van der Waals surface area (Å²) >= 11 is 0. The van der Waals surface area contributed by atoms with Crippen LogP contribution in [0.1, 0.15) is 52.4 Å². The van der Waals surface area contributed by atoms with E-state index >= 15 is 0 Å². The first-order valence-electron chi connectivity index (χ1n) is 20.3. The van der Waals surface area contributed by atoms with Crippen molar-refractivity contribution in [2.75, 3.05) is 13.2 Å². The van der Waals surface area contributed by atoms with Gasteiger partial charge < -0.3 is 9.47 Å². The van der Waals surface area contributed by atoms with Crippen molar-refractivity contribution in [1.29, 1.82) is 0 Å². The molecule has 0 aliphatic rings. The lowest BCUT2D eigenvalue weighted by atomic mass is 10.2. The molecule has 7 rings (SSSR count). The highest BCUT2D eigenvalue weighted by atomic mass is 31.2. The highest BCUT2D eigenvalue weighted by Crippen LogP contribution is 2.60. The topological polar surface area (TPSA) is 18.5 Å². The molecule has 0 saturated heterocycles. The zero-order valence-corrected chi connectivity index (χ0v) is 34.6. The van der Waals surface area contributed by atoms with Gasteiger partial charge >= 0.3 is 0 Å². The van der Waals surface area contributed by atoms with Crippen LogP contribution in [-0.4, -0.2) is 13.2 Å². The number of rotatable bonds is 18. The zero-order chi connectivity index (χ0) is 38.5. The first-order valence-corrected chi connectivity index (χ1v) is 23.9. The number of unbranched alkanes of at least 4 members (excludes halogenated alkanes) is 4. The molecular formula is C52H54O2P2+2. The van der Waals surface area contributed by atoms with Crippen LogP contribution in [-0.2, 0) is 0 Å². The van der Waals surface area contributed by atoms with E-state index in [1.807, 2.05) is 0 Å². The van der Waals surface area contributed by atoms with Gasteiger partial charge in [0.2, 0.25) is 0 Å². The van der Waals surface area contributed by atoms with Crippen molar-refractivity contribution in [3.8, 4) is 11.5 Å². The van der Waals surface area contributed by atoms with Crippen molar-refractivity contribution >= 4 is 57.0 Å². The van der Waals surface area contributed by atoms with Gasteiger partial charge in [0.15, 0.2) is 22.1 Å². The molecule has 0 fully saturated rings. The Bertz CT molecular complexity index is 1860. The second-order valence-electron chi connectivity index (χ2n) is 14.3. The molecule has 7 aromatic carbocycles. The summed E-state index contributed by atoms with van der Waals surface area (Å²) in [5.74, 6) is 1.88. The largest absolute Gasteiger partial charge is 0.489 e. The molecule has 0 atom stereocenters. The molecule has 7 aromatic rings. The van der Waals surface area contributed by atoms with Gasteiger partial charge in [-0.25, -0.2) is 0 Å². The molecule has 0 heterocycles. The number of ether oxygens (including phenoxy) is 2. The van der Waals surface area contributed by atoms with Crippen LogP contribution in [0, 0.1) is 0 Å². The maximum Gasteiger partial charge on any atom is 0.166 e. The smallest absolute Gasteiger partial charge is 0.166 e. The van der Waals surface area contributed by atoms with Crippen molar-refractivity contribution in [2.45, 2.75) is 52.4 Å². The molecule has 4 heteroatoms. The fourth-order valence-electron chi connectivity index (χ4n) is 8.00. The van der Waals surface area contributed by atoms with Crippen LogP contribution in [0.4, 0.5) is 0 Å². The molecule has 56 heavy (non-hydrogen) atoms. The van der Waals surface area contributed by atoms with Gasteiger partial charge in [-0.05, 0) is 85.6 Å². The highest BCUT2D eigenvalue weighted by Gasteiger charge is 2.54. The van der Waals surface area contributed by atoms with Crippen LogP contribution in [0.5, 0.6) is 11.5 Å². The molecule has 0 N–H and O–H groups in total. The monoisotopic (exact) mass is 772 g/mol. The molecule has 2 nitrogen and oxygen atoms in total. The fraction of sp³-hybridized carbons (Fsp3) is 0.192. The average Bonchev–Trinajstić information content (AvgIpc) is 3.27. The molecule has 0 saturated carbocycles. The van der Waals surface area contributed by atoms with Crippen molar-refractivity contribution in [1.82, 2.24) is 0 Å². The maximum atomic E-state index is 7.24. The van der Waals surface area contributed by atoms with Crippen LogP contribution in [0.15, 0.2) is 194 Å². The van der Waals surface area contributed by atoms with E-state index in [1.54, 1.807) is 0 Å². The number of hydrogen-bond acceptors (Lipinski definition) is 2. The molecule has 0 radical (unpaired) electrons. The number of benzene rings is 7. The van der Waals surface area contributed by atoms with Gasteiger partial charge in [-0.1, -0.05) is 149 Å². The second-order valence-corrected chi connectivity index (χ2v) is 21.0. The normalized spacial score (nSPS) is 11.6. The molecule has 0 bridgehead atoms.